The van der Waals surface area contributed by atoms with E-state index in [2.05, 4.69) is 5.32 Å². The van der Waals surface area contributed by atoms with Crippen LogP contribution in [0.4, 0.5) is 0 Å². The molecule has 142 valence electrons. The number of amides is 3. The average Bonchev–Trinajstić information content (AvgIpc) is 3.22. The molecule has 2 aromatic rings. The first-order valence-electron chi connectivity index (χ1n) is 8.96. The zero-order valence-corrected chi connectivity index (χ0v) is 15.3. The zero-order valence-electron chi connectivity index (χ0n) is 15.3. The average molecular weight is 369 g/mol. The molecule has 7 heteroatoms. The van der Waals surface area contributed by atoms with Crippen LogP contribution in [0.25, 0.3) is 0 Å². The molecule has 0 aliphatic carbocycles. The van der Waals surface area contributed by atoms with Crippen LogP contribution in [0.15, 0.2) is 47.1 Å². The summed E-state index contributed by atoms with van der Waals surface area (Å²) < 4.78 is 5.12. The molecule has 0 spiro atoms. The van der Waals surface area contributed by atoms with E-state index in [0.29, 0.717) is 31.9 Å². The van der Waals surface area contributed by atoms with Crippen LogP contribution in [-0.2, 0) is 16.0 Å². The molecule has 0 radical (unpaired) electrons. The van der Waals surface area contributed by atoms with Gasteiger partial charge >= 0.3 is 0 Å². The topological polar surface area (TPSA) is 82.9 Å². The lowest BCUT2D eigenvalue weighted by molar-refractivity contribution is -0.134. The summed E-state index contributed by atoms with van der Waals surface area (Å²) in [6.45, 7) is 3.74. The smallest absolute Gasteiger partial charge is 0.289 e. The maximum absolute atomic E-state index is 12.3. The highest BCUT2D eigenvalue weighted by atomic mass is 16.3. The van der Waals surface area contributed by atoms with Crippen molar-refractivity contribution >= 4 is 17.7 Å². The molecule has 0 unspecified atom stereocenters. The summed E-state index contributed by atoms with van der Waals surface area (Å²) >= 11 is 0. The lowest BCUT2D eigenvalue weighted by Crippen LogP contribution is -2.52. The first-order chi connectivity index (χ1) is 13.0. The van der Waals surface area contributed by atoms with Gasteiger partial charge in [-0.25, -0.2) is 0 Å². The summed E-state index contributed by atoms with van der Waals surface area (Å²) in [4.78, 5) is 39.9. The second kappa shape index (κ2) is 8.53. The van der Waals surface area contributed by atoms with Crippen LogP contribution in [0.1, 0.15) is 21.7 Å². The fourth-order valence-corrected chi connectivity index (χ4v) is 2.95. The van der Waals surface area contributed by atoms with Crippen molar-refractivity contribution in [1.82, 2.24) is 15.1 Å². The monoisotopic (exact) mass is 369 g/mol. The van der Waals surface area contributed by atoms with Crippen molar-refractivity contribution < 1.29 is 18.8 Å². The second-order valence-corrected chi connectivity index (χ2v) is 6.59. The number of nitrogens with one attached hydrogen (secondary N) is 1. The number of aryl methyl sites for hydroxylation is 1. The molecule has 1 N–H and O–H groups in total. The Labute approximate surface area is 157 Å². The van der Waals surface area contributed by atoms with Crippen LogP contribution in [0.3, 0.4) is 0 Å². The normalized spacial score (nSPS) is 14.1. The first-order valence-corrected chi connectivity index (χ1v) is 8.96. The number of carbonyl (C=O) groups is 3. The Morgan fingerprint density at radius 2 is 1.67 bits per heavy atom. The summed E-state index contributed by atoms with van der Waals surface area (Å²) in [6, 6.07) is 11.0. The van der Waals surface area contributed by atoms with Gasteiger partial charge in [-0.15, -0.1) is 0 Å². The number of furan rings is 1. The van der Waals surface area contributed by atoms with Gasteiger partial charge in [0, 0.05) is 26.2 Å². The minimum absolute atomic E-state index is 0.0309. The van der Waals surface area contributed by atoms with E-state index in [1.54, 1.807) is 21.9 Å². The van der Waals surface area contributed by atoms with Crippen LogP contribution in [0, 0.1) is 6.92 Å². The molecule has 27 heavy (non-hydrogen) atoms. The van der Waals surface area contributed by atoms with Gasteiger partial charge in [-0.2, -0.15) is 0 Å². The molecule has 0 saturated carbocycles. The minimum Gasteiger partial charge on any atom is -0.459 e. The first kappa shape index (κ1) is 18.7. The number of hydrogen-bond acceptors (Lipinski definition) is 4. The maximum atomic E-state index is 12.3. The molecule has 1 saturated heterocycles. The number of rotatable bonds is 5. The number of benzene rings is 1. The quantitative estimate of drug-likeness (QED) is 0.859. The summed E-state index contributed by atoms with van der Waals surface area (Å²) in [5.41, 5.74) is 2.05. The number of nitrogens with zero attached hydrogens (tertiary/aromatic N) is 2. The highest BCUT2D eigenvalue weighted by Crippen LogP contribution is 2.09. The van der Waals surface area contributed by atoms with Gasteiger partial charge in [-0.1, -0.05) is 29.8 Å². The molecule has 1 aliphatic heterocycles. The molecule has 1 fully saturated rings. The summed E-state index contributed by atoms with van der Waals surface area (Å²) in [5.74, 6) is -0.187. The lowest BCUT2D eigenvalue weighted by atomic mass is 10.1. The Morgan fingerprint density at radius 3 is 2.30 bits per heavy atom. The van der Waals surface area contributed by atoms with Crippen LogP contribution >= 0.6 is 0 Å². The van der Waals surface area contributed by atoms with E-state index < -0.39 is 0 Å². The molecule has 0 bridgehead atoms. The molecule has 3 amide bonds. The predicted molar refractivity (Wildman–Crippen MR) is 99.1 cm³/mol. The van der Waals surface area contributed by atoms with Crippen LogP contribution < -0.4 is 5.32 Å². The Morgan fingerprint density at radius 1 is 1.00 bits per heavy atom. The highest BCUT2D eigenvalue weighted by molar-refractivity contribution is 5.91. The Bertz CT molecular complexity index is 791. The Balaban J connectivity index is 1.41. The van der Waals surface area contributed by atoms with Crippen molar-refractivity contribution in [2.45, 2.75) is 13.3 Å². The summed E-state index contributed by atoms with van der Waals surface area (Å²) in [7, 11) is 0. The van der Waals surface area contributed by atoms with Gasteiger partial charge in [0.15, 0.2) is 5.76 Å². The van der Waals surface area contributed by atoms with Crippen molar-refractivity contribution in [2.75, 3.05) is 32.7 Å². The SMILES string of the molecule is Cc1ccc(CC(=O)NCC(=O)N2CCN(C(=O)c3ccco3)CC2)cc1. The van der Waals surface area contributed by atoms with E-state index in [9.17, 15) is 14.4 Å². The lowest BCUT2D eigenvalue weighted by Gasteiger charge is -2.34. The van der Waals surface area contributed by atoms with Gasteiger partial charge in [0.05, 0.1) is 19.2 Å². The van der Waals surface area contributed by atoms with E-state index in [1.807, 2.05) is 31.2 Å². The van der Waals surface area contributed by atoms with Crippen molar-refractivity contribution in [3.8, 4) is 0 Å². The van der Waals surface area contributed by atoms with Crippen LogP contribution in [0.5, 0.6) is 0 Å². The van der Waals surface area contributed by atoms with E-state index in [-0.39, 0.29) is 30.7 Å². The molecule has 0 atom stereocenters. The number of hydrogen-bond donors (Lipinski definition) is 1. The molecular formula is C20H23N3O4. The van der Waals surface area contributed by atoms with Crippen molar-refractivity contribution in [3.05, 3.63) is 59.5 Å². The summed E-state index contributed by atoms with van der Waals surface area (Å²) in [6.07, 6.45) is 1.71. The minimum atomic E-state index is -0.182. The Kier molecular flexibility index (Phi) is 5.90. The van der Waals surface area contributed by atoms with Crippen molar-refractivity contribution in [1.29, 1.82) is 0 Å². The van der Waals surface area contributed by atoms with Gasteiger partial charge < -0.3 is 19.5 Å². The molecule has 1 aromatic carbocycles. The van der Waals surface area contributed by atoms with Gasteiger partial charge in [0.25, 0.3) is 5.91 Å². The molecule has 2 heterocycles. The molecule has 7 nitrogen and oxygen atoms in total. The second-order valence-electron chi connectivity index (χ2n) is 6.59. The van der Waals surface area contributed by atoms with Gasteiger partial charge in [-0.05, 0) is 24.6 Å². The fraction of sp³-hybridized carbons (Fsp3) is 0.350. The van der Waals surface area contributed by atoms with E-state index in [1.165, 1.54) is 6.26 Å². The third kappa shape index (κ3) is 4.97. The van der Waals surface area contributed by atoms with Gasteiger partial charge in [-0.3, -0.25) is 14.4 Å². The molecule has 1 aromatic heterocycles. The standard InChI is InChI=1S/C20H23N3O4/c1-15-4-6-16(7-5-15)13-18(24)21-14-19(25)22-8-10-23(11-9-22)20(26)17-3-2-12-27-17/h2-7,12H,8-11,13-14H2,1H3,(H,21,24). The van der Waals surface area contributed by atoms with Gasteiger partial charge in [0.1, 0.15) is 0 Å². The Hall–Kier alpha value is -3.09. The number of piperazine rings is 1. The van der Waals surface area contributed by atoms with E-state index >= 15 is 0 Å². The fourth-order valence-electron chi connectivity index (χ4n) is 2.95. The molecular weight excluding hydrogens is 346 g/mol. The maximum Gasteiger partial charge on any atom is 0.289 e. The largest absolute Gasteiger partial charge is 0.459 e. The summed E-state index contributed by atoms with van der Waals surface area (Å²) in [5, 5.41) is 2.67. The number of carbonyl (C=O) groups excluding carboxylic acids is 3. The van der Waals surface area contributed by atoms with Crippen LogP contribution in [0.2, 0.25) is 0 Å². The third-order valence-electron chi connectivity index (χ3n) is 4.57. The van der Waals surface area contributed by atoms with Crippen LogP contribution in [-0.4, -0.2) is 60.2 Å². The van der Waals surface area contributed by atoms with E-state index in [0.717, 1.165) is 11.1 Å². The zero-order chi connectivity index (χ0) is 19.2. The predicted octanol–water partition coefficient (Wildman–Crippen LogP) is 1.23. The molecule has 3 rings (SSSR count). The molecule has 1 aliphatic rings. The third-order valence-corrected chi connectivity index (χ3v) is 4.57. The highest BCUT2D eigenvalue weighted by Gasteiger charge is 2.26. The van der Waals surface area contributed by atoms with Gasteiger partial charge in [0.2, 0.25) is 11.8 Å². The van der Waals surface area contributed by atoms with Crippen molar-refractivity contribution in [3.63, 3.8) is 0 Å². The van der Waals surface area contributed by atoms with E-state index in [4.69, 9.17) is 4.42 Å². The van der Waals surface area contributed by atoms with Crippen molar-refractivity contribution in [2.24, 2.45) is 0 Å².